The molecule has 3 heteroatoms. The van der Waals surface area contributed by atoms with Crippen molar-refractivity contribution >= 4 is 5.91 Å². The molecule has 1 rings (SSSR count). The third kappa shape index (κ3) is 6.95. The fraction of sp³-hybridized carbons (Fsp3) is 0.938. The van der Waals surface area contributed by atoms with Crippen molar-refractivity contribution in [2.45, 2.75) is 77.7 Å². The number of likely N-dealkylation sites (tertiary alicyclic amines) is 1. The van der Waals surface area contributed by atoms with Crippen molar-refractivity contribution in [2.75, 3.05) is 13.1 Å². The van der Waals surface area contributed by atoms with E-state index in [1.165, 1.54) is 38.5 Å². The molecule has 3 nitrogen and oxygen atoms in total. The lowest BCUT2D eigenvalue weighted by Crippen LogP contribution is -2.48. The summed E-state index contributed by atoms with van der Waals surface area (Å²) < 4.78 is 0. The molecule has 1 heterocycles. The van der Waals surface area contributed by atoms with Crippen LogP contribution < -0.4 is 5.73 Å². The number of rotatable bonds is 8. The fourth-order valence-corrected chi connectivity index (χ4v) is 2.99. The zero-order valence-corrected chi connectivity index (χ0v) is 12.9. The van der Waals surface area contributed by atoms with Crippen molar-refractivity contribution in [3.63, 3.8) is 0 Å². The topological polar surface area (TPSA) is 46.3 Å². The highest BCUT2D eigenvalue weighted by Crippen LogP contribution is 2.17. The van der Waals surface area contributed by atoms with Crippen LogP contribution in [0.4, 0.5) is 0 Å². The molecule has 0 aromatic rings. The zero-order chi connectivity index (χ0) is 14.1. The Labute approximate surface area is 118 Å². The number of carbonyl (C=O) groups excluding carboxylic acids is 1. The lowest BCUT2D eigenvalue weighted by atomic mass is 9.96. The highest BCUT2D eigenvalue weighted by Gasteiger charge is 2.24. The van der Waals surface area contributed by atoms with E-state index in [-0.39, 0.29) is 6.04 Å². The SMILES string of the molecule is CCCCCCCCCC(=O)N1CC(C)CC(N)C1. The molecule has 0 spiro atoms. The Balaban J connectivity index is 2.07. The zero-order valence-electron chi connectivity index (χ0n) is 12.9. The van der Waals surface area contributed by atoms with Crippen molar-refractivity contribution < 1.29 is 4.79 Å². The first-order valence-corrected chi connectivity index (χ1v) is 8.16. The van der Waals surface area contributed by atoms with Gasteiger partial charge in [-0.3, -0.25) is 4.79 Å². The molecular formula is C16H32N2O. The van der Waals surface area contributed by atoms with E-state index >= 15 is 0 Å². The molecule has 1 aliphatic heterocycles. The first kappa shape index (κ1) is 16.5. The van der Waals surface area contributed by atoms with Gasteiger partial charge in [-0.25, -0.2) is 0 Å². The Morgan fingerprint density at radius 3 is 2.37 bits per heavy atom. The van der Waals surface area contributed by atoms with Gasteiger partial charge >= 0.3 is 0 Å². The highest BCUT2D eigenvalue weighted by atomic mass is 16.2. The van der Waals surface area contributed by atoms with E-state index in [4.69, 9.17) is 5.73 Å². The molecule has 0 saturated carbocycles. The average Bonchev–Trinajstić information content (AvgIpc) is 2.36. The van der Waals surface area contributed by atoms with Crippen LogP contribution >= 0.6 is 0 Å². The molecule has 0 aromatic heterocycles. The van der Waals surface area contributed by atoms with Gasteiger partial charge in [-0.1, -0.05) is 52.4 Å². The van der Waals surface area contributed by atoms with Crippen LogP contribution in [0.2, 0.25) is 0 Å². The third-order valence-electron chi connectivity index (χ3n) is 4.04. The van der Waals surface area contributed by atoms with E-state index in [0.717, 1.165) is 25.9 Å². The summed E-state index contributed by atoms with van der Waals surface area (Å²) in [6, 6.07) is 0.182. The Morgan fingerprint density at radius 1 is 1.11 bits per heavy atom. The first-order chi connectivity index (χ1) is 9.13. The number of nitrogens with zero attached hydrogens (tertiary/aromatic N) is 1. The van der Waals surface area contributed by atoms with Gasteiger partial charge in [0, 0.05) is 25.6 Å². The number of hydrogen-bond acceptors (Lipinski definition) is 2. The summed E-state index contributed by atoms with van der Waals surface area (Å²) in [6.07, 6.45) is 10.6. The molecule has 0 bridgehead atoms. The van der Waals surface area contributed by atoms with Crippen molar-refractivity contribution in [3.05, 3.63) is 0 Å². The maximum absolute atomic E-state index is 12.1. The van der Waals surface area contributed by atoms with E-state index < -0.39 is 0 Å². The summed E-state index contributed by atoms with van der Waals surface area (Å²) in [5.74, 6) is 0.873. The molecule has 1 aliphatic rings. The summed E-state index contributed by atoms with van der Waals surface area (Å²) in [4.78, 5) is 14.1. The van der Waals surface area contributed by atoms with Crippen molar-refractivity contribution in [2.24, 2.45) is 11.7 Å². The van der Waals surface area contributed by atoms with Gasteiger partial charge in [-0.15, -0.1) is 0 Å². The van der Waals surface area contributed by atoms with Crippen molar-refractivity contribution in [1.82, 2.24) is 4.90 Å². The van der Waals surface area contributed by atoms with Crippen LogP contribution in [0.15, 0.2) is 0 Å². The smallest absolute Gasteiger partial charge is 0.222 e. The van der Waals surface area contributed by atoms with Gasteiger partial charge in [0.15, 0.2) is 0 Å². The van der Waals surface area contributed by atoms with Crippen molar-refractivity contribution in [3.8, 4) is 0 Å². The average molecular weight is 268 g/mol. The van der Waals surface area contributed by atoms with Crippen molar-refractivity contribution in [1.29, 1.82) is 0 Å². The second-order valence-electron chi connectivity index (χ2n) is 6.27. The minimum Gasteiger partial charge on any atom is -0.341 e. The van der Waals surface area contributed by atoms with Gasteiger partial charge in [-0.05, 0) is 18.8 Å². The summed E-state index contributed by atoms with van der Waals surface area (Å²) in [7, 11) is 0. The summed E-state index contributed by atoms with van der Waals surface area (Å²) in [5, 5.41) is 0. The number of carbonyl (C=O) groups is 1. The Kier molecular flexibility index (Phi) is 8.11. The van der Waals surface area contributed by atoms with E-state index in [9.17, 15) is 4.79 Å². The van der Waals surface area contributed by atoms with Crippen LogP contribution in [-0.2, 0) is 4.79 Å². The van der Waals surface area contributed by atoms with Gasteiger partial charge in [0.2, 0.25) is 5.91 Å². The molecule has 0 radical (unpaired) electrons. The van der Waals surface area contributed by atoms with Gasteiger partial charge < -0.3 is 10.6 Å². The van der Waals surface area contributed by atoms with Crippen LogP contribution in [0, 0.1) is 5.92 Å². The standard InChI is InChI=1S/C16H32N2O/c1-3-4-5-6-7-8-9-10-16(19)18-12-14(2)11-15(17)13-18/h14-15H,3-13,17H2,1-2H3. The molecule has 0 aromatic carbocycles. The molecule has 1 saturated heterocycles. The number of unbranched alkanes of at least 4 members (excludes halogenated alkanes) is 6. The Bertz CT molecular complexity index is 245. The fourth-order valence-electron chi connectivity index (χ4n) is 2.99. The maximum atomic E-state index is 12.1. The molecule has 19 heavy (non-hydrogen) atoms. The Morgan fingerprint density at radius 2 is 1.74 bits per heavy atom. The minimum atomic E-state index is 0.182. The molecule has 2 atom stereocenters. The molecule has 2 unspecified atom stereocenters. The summed E-state index contributed by atoms with van der Waals surface area (Å²) in [6.45, 7) is 6.10. The summed E-state index contributed by atoms with van der Waals surface area (Å²) in [5.41, 5.74) is 5.98. The minimum absolute atomic E-state index is 0.182. The van der Waals surface area contributed by atoms with Crippen LogP contribution in [0.25, 0.3) is 0 Å². The van der Waals surface area contributed by atoms with Crippen LogP contribution in [0.1, 0.15) is 71.6 Å². The van der Waals surface area contributed by atoms with E-state index in [2.05, 4.69) is 13.8 Å². The van der Waals surface area contributed by atoms with Gasteiger partial charge in [0.05, 0.1) is 0 Å². The molecule has 2 N–H and O–H groups in total. The number of piperidine rings is 1. The lowest BCUT2D eigenvalue weighted by Gasteiger charge is -2.34. The molecule has 0 aliphatic carbocycles. The normalized spacial score (nSPS) is 23.6. The van der Waals surface area contributed by atoms with Crippen LogP contribution in [0.3, 0.4) is 0 Å². The number of hydrogen-bond donors (Lipinski definition) is 1. The molecular weight excluding hydrogens is 236 g/mol. The van der Waals surface area contributed by atoms with E-state index in [0.29, 0.717) is 18.2 Å². The van der Waals surface area contributed by atoms with E-state index in [1.807, 2.05) is 4.90 Å². The molecule has 1 fully saturated rings. The Hall–Kier alpha value is -0.570. The lowest BCUT2D eigenvalue weighted by molar-refractivity contribution is -0.133. The second-order valence-corrected chi connectivity index (χ2v) is 6.27. The third-order valence-corrected chi connectivity index (χ3v) is 4.04. The second kappa shape index (κ2) is 9.35. The quantitative estimate of drug-likeness (QED) is 0.686. The maximum Gasteiger partial charge on any atom is 0.222 e. The van der Waals surface area contributed by atoms with Gasteiger partial charge in [0.1, 0.15) is 0 Å². The largest absolute Gasteiger partial charge is 0.341 e. The molecule has 112 valence electrons. The van der Waals surface area contributed by atoms with Gasteiger partial charge in [0.25, 0.3) is 0 Å². The predicted octanol–water partition coefficient (Wildman–Crippen LogP) is 3.32. The van der Waals surface area contributed by atoms with E-state index in [1.54, 1.807) is 0 Å². The molecule has 1 amide bonds. The van der Waals surface area contributed by atoms with Gasteiger partial charge in [-0.2, -0.15) is 0 Å². The van der Waals surface area contributed by atoms with Crippen LogP contribution in [-0.4, -0.2) is 29.9 Å². The number of nitrogens with two attached hydrogens (primary N) is 1. The summed E-state index contributed by atoms with van der Waals surface area (Å²) >= 11 is 0. The monoisotopic (exact) mass is 268 g/mol. The van der Waals surface area contributed by atoms with Crippen LogP contribution in [0.5, 0.6) is 0 Å². The number of amides is 1. The predicted molar refractivity (Wildman–Crippen MR) is 80.9 cm³/mol. The first-order valence-electron chi connectivity index (χ1n) is 8.16. The highest BCUT2D eigenvalue weighted by molar-refractivity contribution is 5.76.